The largest absolute Gasteiger partial charge is 0.506 e. The maximum Gasteiger partial charge on any atom is 0.217 e. The van der Waals surface area contributed by atoms with Gasteiger partial charge in [-0.25, -0.2) is 0 Å². The number of carbonyl (C=O) groups excluding carboxylic acids is 1. The summed E-state index contributed by atoms with van der Waals surface area (Å²) in [5.41, 5.74) is 0. The smallest absolute Gasteiger partial charge is 0.217 e. The molecule has 0 radical (unpaired) electrons. The lowest BCUT2D eigenvalue weighted by molar-refractivity contribution is -0.407. The van der Waals surface area contributed by atoms with Crippen molar-refractivity contribution in [3.8, 4) is 0 Å². The molecule has 5 fully saturated rings. The van der Waals surface area contributed by atoms with Crippen molar-refractivity contribution in [3.63, 3.8) is 0 Å². The van der Waals surface area contributed by atoms with Crippen molar-refractivity contribution < 1.29 is 144 Å². The zero-order chi connectivity index (χ0) is 50.6. The number of rotatable bonds is 18. The molecule has 0 aromatic rings. The molecular weight excluding hydrogens is 934 g/mol. The summed E-state index contributed by atoms with van der Waals surface area (Å²) < 4.78 is 58.9. The van der Waals surface area contributed by atoms with E-state index in [-0.39, 0.29) is 0 Å². The molecule has 30 heteroatoms. The van der Waals surface area contributed by atoms with Gasteiger partial charge in [0.15, 0.2) is 43.0 Å². The van der Waals surface area contributed by atoms with E-state index in [2.05, 4.69) is 5.32 Å². The second-order valence-electron chi connectivity index (χ2n) is 16.9. The minimum Gasteiger partial charge on any atom is -0.506 e. The molecule has 0 bridgehead atoms. The highest BCUT2D eigenvalue weighted by Crippen LogP contribution is 2.38. The van der Waals surface area contributed by atoms with E-state index in [4.69, 9.17) is 47.4 Å². The van der Waals surface area contributed by atoms with E-state index < -0.39 is 216 Å². The molecule has 5 saturated heterocycles. The molecule has 5 aliphatic rings. The molecule has 396 valence electrons. The Morgan fingerprint density at radius 1 is 0.485 bits per heavy atom. The SMILES string of the molecule is CC(=O)N[C@H]1[C@H](OCC(O)C(O)=C(O)C(O)CO)O[C@H](CO)[C@@H](O[C@@H]2O[C@H](CO)[C@H](O)[C@H](O[C@H]3O[C@H](CO)[C@H](O)[C@H](O)[C@H]3O)[C@H]2O[C@@H]2O[C@@H](C)[C@@H](O)[C@@H](O)[C@@H]2O)[C@@H]1O[C@@H]1O[C@@H](C)[C@@H](O)[C@@H](O)[C@@H]1O. The number of hydrogen-bond donors (Lipinski definition) is 19. The van der Waals surface area contributed by atoms with E-state index in [9.17, 15) is 96.7 Å². The molecule has 0 aliphatic carbocycles. The molecule has 2 unspecified atom stereocenters. The van der Waals surface area contributed by atoms with Crippen molar-refractivity contribution in [2.75, 3.05) is 33.0 Å². The predicted octanol–water partition coefficient (Wildman–Crippen LogP) is -10.7. The van der Waals surface area contributed by atoms with Crippen LogP contribution in [0.1, 0.15) is 20.8 Å². The Hall–Kier alpha value is -2.23. The van der Waals surface area contributed by atoms with Gasteiger partial charge in [-0.2, -0.15) is 0 Å². The third-order valence-electron chi connectivity index (χ3n) is 12.1. The van der Waals surface area contributed by atoms with Crippen molar-refractivity contribution >= 4 is 5.91 Å². The molecule has 0 aromatic heterocycles. The predicted molar refractivity (Wildman–Crippen MR) is 210 cm³/mol. The van der Waals surface area contributed by atoms with Crippen molar-refractivity contribution in [1.82, 2.24) is 5.32 Å². The molecule has 0 spiro atoms. The molecule has 0 aromatic carbocycles. The fourth-order valence-corrected chi connectivity index (χ4v) is 8.10. The molecule has 19 N–H and O–H groups in total. The van der Waals surface area contributed by atoms with Crippen LogP contribution in [0.25, 0.3) is 0 Å². The summed E-state index contributed by atoms with van der Waals surface area (Å²) in [6, 6.07) is -1.77. The summed E-state index contributed by atoms with van der Waals surface area (Å²) in [4.78, 5) is 12.9. The van der Waals surface area contributed by atoms with Crippen LogP contribution in [0.2, 0.25) is 0 Å². The lowest BCUT2D eigenvalue weighted by Crippen LogP contribution is -2.71. The van der Waals surface area contributed by atoms with Crippen molar-refractivity contribution in [2.45, 2.75) is 186 Å². The summed E-state index contributed by atoms with van der Waals surface area (Å²) in [5.74, 6) is -3.38. The van der Waals surface area contributed by atoms with Crippen LogP contribution in [0.5, 0.6) is 0 Å². The first kappa shape index (κ1) is 56.7. The van der Waals surface area contributed by atoms with Gasteiger partial charge in [0.25, 0.3) is 0 Å². The molecule has 1 amide bonds. The first-order valence-corrected chi connectivity index (χ1v) is 21.5. The topological polar surface area (TPSA) is 486 Å². The average Bonchev–Trinajstić information content (AvgIpc) is 3.31. The van der Waals surface area contributed by atoms with Crippen LogP contribution in [-0.4, -0.2) is 297 Å². The standard InChI is InChI=1S/C38H65NO29/c1-9-18(47)24(53)27(56)35(60-9)66-31-17(39-11(3)44)34(59-8-13(46)21(50)20(49)12(45)4-40)64-16(7-43)30(31)65-38-33(68-36-28(57)25(54)19(48)10(2)61-36)32(23(52)15(6-42)63-38)67-37-29(58)26(55)22(51)14(5-41)62-37/h9-10,12-19,22-38,40-43,45-58H,4-8H2,1-3H3,(H,39,44)/t9-,10-,12?,13?,14+,15+,16+,17+,18+,19+,22-,23-,24+,25+,26-,27-,28-,29+,30+,31+,32-,33+,34+,35-,36-,37+,38-/m0/s1. The van der Waals surface area contributed by atoms with Crippen LogP contribution in [0.3, 0.4) is 0 Å². The van der Waals surface area contributed by atoms with Gasteiger partial charge in [-0.15, -0.1) is 0 Å². The van der Waals surface area contributed by atoms with Crippen LogP contribution >= 0.6 is 0 Å². The monoisotopic (exact) mass is 999 g/mol. The van der Waals surface area contributed by atoms with E-state index in [0.717, 1.165) is 6.92 Å². The Morgan fingerprint density at radius 3 is 1.40 bits per heavy atom. The van der Waals surface area contributed by atoms with Crippen LogP contribution in [0.4, 0.5) is 0 Å². The lowest BCUT2D eigenvalue weighted by Gasteiger charge is -2.52. The first-order chi connectivity index (χ1) is 32.0. The van der Waals surface area contributed by atoms with Gasteiger partial charge in [0.2, 0.25) is 5.91 Å². The van der Waals surface area contributed by atoms with Gasteiger partial charge in [-0.1, -0.05) is 0 Å². The van der Waals surface area contributed by atoms with E-state index in [1.54, 1.807) is 0 Å². The first-order valence-electron chi connectivity index (χ1n) is 21.5. The normalized spacial score (nSPS) is 47.2. The van der Waals surface area contributed by atoms with Gasteiger partial charge < -0.3 is 145 Å². The van der Waals surface area contributed by atoms with Gasteiger partial charge in [0, 0.05) is 6.92 Å². The quantitative estimate of drug-likeness (QED) is 0.0567. The number of carbonyl (C=O) groups is 1. The van der Waals surface area contributed by atoms with E-state index in [1.165, 1.54) is 13.8 Å². The second-order valence-corrected chi connectivity index (χ2v) is 16.9. The Bertz CT molecular complexity index is 1620. The second kappa shape index (κ2) is 24.5. The Kier molecular flexibility index (Phi) is 20.4. The van der Waals surface area contributed by atoms with Crippen molar-refractivity contribution in [2.24, 2.45) is 0 Å². The summed E-state index contributed by atoms with van der Waals surface area (Å²) in [6.45, 7) is -1.63. The third kappa shape index (κ3) is 12.3. The van der Waals surface area contributed by atoms with Crippen LogP contribution in [0.15, 0.2) is 11.5 Å². The minimum absolute atomic E-state index is 0.868. The third-order valence-corrected chi connectivity index (χ3v) is 12.1. The van der Waals surface area contributed by atoms with Gasteiger partial charge in [0.05, 0.1) is 45.2 Å². The number of aliphatic hydroxyl groups is 18. The summed E-state index contributed by atoms with van der Waals surface area (Å²) >= 11 is 0. The minimum atomic E-state index is -2.17. The Labute approximate surface area is 386 Å². The number of ether oxygens (including phenoxy) is 10. The van der Waals surface area contributed by atoms with Gasteiger partial charge >= 0.3 is 0 Å². The van der Waals surface area contributed by atoms with Gasteiger partial charge in [-0.3, -0.25) is 4.79 Å². The van der Waals surface area contributed by atoms with Crippen molar-refractivity contribution in [3.05, 3.63) is 11.5 Å². The van der Waals surface area contributed by atoms with Gasteiger partial charge in [-0.05, 0) is 13.8 Å². The molecular formula is C38H65NO29. The number of amides is 1. The van der Waals surface area contributed by atoms with E-state index in [0.29, 0.717) is 0 Å². The maximum atomic E-state index is 12.9. The number of nitrogens with one attached hydrogen (secondary N) is 1. The zero-order valence-electron chi connectivity index (χ0n) is 36.7. The summed E-state index contributed by atoms with van der Waals surface area (Å²) in [5, 5.41) is 191. The molecule has 5 aliphatic heterocycles. The maximum absolute atomic E-state index is 12.9. The molecule has 0 saturated carbocycles. The molecule has 5 heterocycles. The average molecular weight is 1000 g/mol. The van der Waals surface area contributed by atoms with E-state index >= 15 is 0 Å². The lowest BCUT2D eigenvalue weighted by atomic mass is 9.94. The number of aliphatic hydroxyl groups excluding tert-OH is 18. The van der Waals surface area contributed by atoms with Crippen molar-refractivity contribution in [1.29, 1.82) is 0 Å². The fraction of sp³-hybridized carbons (Fsp3) is 0.921. The molecule has 68 heavy (non-hydrogen) atoms. The molecule has 5 rings (SSSR count). The highest BCUT2D eigenvalue weighted by molar-refractivity contribution is 5.73. The zero-order valence-corrected chi connectivity index (χ0v) is 36.7. The Morgan fingerprint density at radius 2 is 0.897 bits per heavy atom. The fourth-order valence-electron chi connectivity index (χ4n) is 8.10. The Balaban J connectivity index is 1.60. The van der Waals surface area contributed by atoms with Crippen LogP contribution in [0, 0.1) is 0 Å². The number of hydrogen-bond acceptors (Lipinski definition) is 29. The highest BCUT2D eigenvalue weighted by atomic mass is 16.8. The van der Waals surface area contributed by atoms with E-state index in [1.807, 2.05) is 0 Å². The molecule has 30 nitrogen and oxygen atoms in total. The summed E-state index contributed by atoms with van der Waals surface area (Å²) in [6.07, 6.45) is -49.4. The summed E-state index contributed by atoms with van der Waals surface area (Å²) in [7, 11) is 0. The van der Waals surface area contributed by atoms with Crippen LogP contribution < -0.4 is 5.32 Å². The van der Waals surface area contributed by atoms with Gasteiger partial charge in [0.1, 0.15) is 122 Å². The molecule has 27 atom stereocenters. The van der Waals surface area contributed by atoms with Crippen LogP contribution in [-0.2, 0) is 52.2 Å². The highest BCUT2D eigenvalue weighted by Gasteiger charge is 2.58.